The van der Waals surface area contributed by atoms with Gasteiger partial charge in [0.25, 0.3) is 11.8 Å². The smallest absolute Gasteiger partial charge is 0.308 e. The summed E-state index contributed by atoms with van der Waals surface area (Å²) in [5, 5.41) is 9.12. The zero-order valence-corrected chi connectivity index (χ0v) is 8.26. The highest BCUT2D eigenvalue weighted by Gasteiger charge is 2.35. The Hall–Kier alpha value is -2.21. The molecule has 2 rings (SSSR count). The van der Waals surface area contributed by atoms with Crippen LogP contribution in [0.1, 0.15) is 27.6 Å². The predicted octanol–water partition coefficient (Wildman–Crippen LogP) is 0.597. The van der Waals surface area contributed by atoms with Gasteiger partial charge in [0.2, 0.25) is 0 Å². The fourth-order valence-electron chi connectivity index (χ4n) is 1.44. The topological polar surface area (TPSA) is 83.9 Å². The van der Waals surface area contributed by atoms with Gasteiger partial charge in [-0.3, -0.25) is 19.6 Å². The summed E-state index contributed by atoms with van der Waals surface area (Å²) < 4.78 is 4.76. The number of benzene rings is 1. The molecule has 1 aliphatic heterocycles. The average Bonchev–Trinajstić information content (AvgIpc) is 2.43. The van der Waals surface area contributed by atoms with Crippen LogP contribution in [0.25, 0.3) is 0 Å². The van der Waals surface area contributed by atoms with E-state index in [9.17, 15) is 14.4 Å². The second kappa shape index (κ2) is 3.42. The second-order valence-electron chi connectivity index (χ2n) is 3.22. The third-order valence-electron chi connectivity index (χ3n) is 2.10. The highest BCUT2D eigenvalue weighted by molar-refractivity contribution is 6.20. The van der Waals surface area contributed by atoms with Crippen molar-refractivity contribution in [2.24, 2.45) is 0 Å². The number of amides is 2. The fraction of sp³-hybridized carbons (Fsp3) is 0.100. The zero-order valence-electron chi connectivity index (χ0n) is 8.26. The van der Waals surface area contributed by atoms with Gasteiger partial charge in [0.05, 0.1) is 11.1 Å². The summed E-state index contributed by atoms with van der Waals surface area (Å²) in [6, 6.07) is 3.95. The highest BCUT2D eigenvalue weighted by Crippen LogP contribution is 2.25. The molecular weight excluding hydrogens is 214 g/mol. The number of nitrogens with zero attached hydrogens (tertiary/aromatic N) is 1. The lowest BCUT2D eigenvalue weighted by atomic mass is 10.1. The van der Waals surface area contributed by atoms with Crippen molar-refractivity contribution in [3.05, 3.63) is 29.3 Å². The number of carbonyl (C=O) groups excluding carboxylic acids is 3. The van der Waals surface area contributed by atoms with Gasteiger partial charge in [0, 0.05) is 6.92 Å². The molecule has 1 N–H and O–H groups in total. The lowest BCUT2D eigenvalue weighted by molar-refractivity contribution is -0.131. The van der Waals surface area contributed by atoms with Gasteiger partial charge in [0.15, 0.2) is 0 Å². The maximum absolute atomic E-state index is 11.4. The monoisotopic (exact) mass is 221 g/mol. The Morgan fingerprint density at radius 3 is 2.50 bits per heavy atom. The van der Waals surface area contributed by atoms with Crippen LogP contribution < -0.4 is 4.74 Å². The Morgan fingerprint density at radius 1 is 1.25 bits per heavy atom. The van der Waals surface area contributed by atoms with E-state index in [1.54, 1.807) is 0 Å². The number of carbonyl (C=O) groups is 3. The van der Waals surface area contributed by atoms with Crippen LogP contribution in [0, 0.1) is 0 Å². The summed E-state index contributed by atoms with van der Waals surface area (Å²) in [7, 11) is 0. The van der Waals surface area contributed by atoms with E-state index < -0.39 is 17.8 Å². The lowest BCUT2D eigenvalue weighted by Crippen LogP contribution is -2.25. The minimum Gasteiger partial charge on any atom is -0.427 e. The summed E-state index contributed by atoms with van der Waals surface area (Å²) in [6.07, 6.45) is 0. The van der Waals surface area contributed by atoms with E-state index in [2.05, 4.69) is 0 Å². The molecule has 16 heavy (non-hydrogen) atoms. The number of hydrogen-bond donors (Lipinski definition) is 1. The Morgan fingerprint density at radius 2 is 1.88 bits per heavy atom. The zero-order chi connectivity index (χ0) is 11.9. The van der Waals surface area contributed by atoms with E-state index in [1.165, 1.54) is 25.1 Å². The van der Waals surface area contributed by atoms with Crippen molar-refractivity contribution in [3.8, 4) is 5.75 Å². The molecule has 1 aromatic rings. The number of rotatable bonds is 1. The van der Waals surface area contributed by atoms with E-state index >= 15 is 0 Å². The molecule has 1 aromatic carbocycles. The van der Waals surface area contributed by atoms with Crippen LogP contribution in [-0.4, -0.2) is 28.1 Å². The van der Waals surface area contributed by atoms with Crippen LogP contribution in [0.3, 0.4) is 0 Å². The largest absolute Gasteiger partial charge is 0.427 e. The first-order valence-corrected chi connectivity index (χ1v) is 4.41. The van der Waals surface area contributed by atoms with Crippen molar-refractivity contribution in [2.45, 2.75) is 6.92 Å². The van der Waals surface area contributed by atoms with Gasteiger partial charge < -0.3 is 4.74 Å². The third-order valence-corrected chi connectivity index (χ3v) is 2.10. The Labute approximate surface area is 90.0 Å². The number of ether oxygens (including phenoxy) is 1. The molecule has 0 aromatic heterocycles. The summed E-state index contributed by atoms with van der Waals surface area (Å²) in [6.45, 7) is 1.22. The van der Waals surface area contributed by atoms with E-state index in [1.807, 2.05) is 0 Å². The van der Waals surface area contributed by atoms with E-state index in [4.69, 9.17) is 9.94 Å². The van der Waals surface area contributed by atoms with Gasteiger partial charge in [-0.2, -0.15) is 0 Å². The van der Waals surface area contributed by atoms with Crippen LogP contribution in [0.15, 0.2) is 18.2 Å². The van der Waals surface area contributed by atoms with Crippen LogP contribution in [-0.2, 0) is 4.79 Å². The third kappa shape index (κ3) is 1.45. The van der Waals surface area contributed by atoms with Crippen molar-refractivity contribution < 1.29 is 24.3 Å². The van der Waals surface area contributed by atoms with Gasteiger partial charge in [-0.05, 0) is 18.2 Å². The molecule has 0 fully saturated rings. The van der Waals surface area contributed by atoms with E-state index in [-0.39, 0.29) is 21.9 Å². The number of hydrogen-bond acceptors (Lipinski definition) is 5. The molecule has 0 unspecified atom stereocenters. The Kier molecular flexibility index (Phi) is 2.21. The van der Waals surface area contributed by atoms with Crippen LogP contribution in [0.4, 0.5) is 0 Å². The maximum Gasteiger partial charge on any atom is 0.308 e. The molecular formula is C10H7NO5. The summed E-state index contributed by atoms with van der Waals surface area (Å²) in [5.74, 6) is -1.98. The van der Waals surface area contributed by atoms with Gasteiger partial charge in [-0.15, -0.1) is 5.06 Å². The first kappa shape index (κ1) is 10.3. The summed E-state index contributed by atoms with van der Waals surface area (Å²) in [5.41, 5.74) is 0.106. The molecule has 1 heterocycles. The molecule has 0 saturated carbocycles. The lowest BCUT2D eigenvalue weighted by Gasteiger charge is -2.01. The van der Waals surface area contributed by atoms with Crippen molar-refractivity contribution in [3.63, 3.8) is 0 Å². The SMILES string of the molecule is CC(=O)Oc1ccc2c(c1)C(=O)N(O)C2=O. The quantitative estimate of drug-likeness (QED) is 0.325. The molecule has 6 heteroatoms. The maximum atomic E-state index is 11.4. The minimum atomic E-state index is -0.825. The van der Waals surface area contributed by atoms with Crippen molar-refractivity contribution >= 4 is 17.8 Å². The Balaban J connectivity index is 2.45. The van der Waals surface area contributed by atoms with Crippen LogP contribution in [0.5, 0.6) is 5.75 Å². The molecule has 0 radical (unpaired) electrons. The summed E-state index contributed by atoms with van der Waals surface area (Å²) in [4.78, 5) is 33.3. The highest BCUT2D eigenvalue weighted by atomic mass is 16.5. The van der Waals surface area contributed by atoms with Crippen LogP contribution in [0.2, 0.25) is 0 Å². The van der Waals surface area contributed by atoms with Crippen LogP contribution >= 0.6 is 0 Å². The second-order valence-corrected chi connectivity index (χ2v) is 3.22. The summed E-state index contributed by atoms with van der Waals surface area (Å²) >= 11 is 0. The molecule has 1 aliphatic rings. The number of fused-ring (bicyclic) bond motifs is 1. The molecule has 0 spiro atoms. The van der Waals surface area contributed by atoms with Gasteiger partial charge in [-0.25, -0.2) is 0 Å². The molecule has 0 bridgehead atoms. The minimum absolute atomic E-state index is 0.0197. The molecule has 0 saturated heterocycles. The molecule has 6 nitrogen and oxygen atoms in total. The molecule has 82 valence electrons. The molecule has 0 atom stereocenters. The van der Waals surface area contributed by atoms with Crippen molar-refractivity contribution in [1.29, 1.82) is 0 Å². The first-order chi connectivity index (χ1) is 7.50. The van der Waals surface area contributed by atoms with Gasteiger partial charge >= 0.3 is 5.97 Å². The van der Waals surface area contributed by atoms with Crippen molar-refractivity contribution in [2.75, 3.05) is 0 Å². The number of esters is 1. The number of imide groups is 1. The average molecular weight is 221 g/mol. The molecule has 2 amide bonds. The first-order valence-electron chi connectivity index (χ1n) is 4.41. The Bertz CT molecular complexity index is 508. The van der Waals surface area contributed by atoms with E-state index in [0.717, 1.165) is 0 Å². The predicted molar refractivity (Wildman–Crippen MR) is 50.0 cm³/mol. The van der Waals surface area contributed by atoms with Crippen molar-refractivity contribution in [1.82, 2.24) is 5.06 Å². The number of hydroxylamine groups is 2. The van der Waals surface area contributed by atoms with Gasteiger partial charge in [-0.1, -0.05) is 0 Å². The van der Waals surface area contributed by atoms with Gasteiger partial charge in [0.1, 0.15) is 5.75 Å². The standard InChI is InChI=1S/C10H7NO5/c1-5(12)16-6-2-3-7-8(4-6)10(14)11(15)9(7)13/h2-4,15H,1H3. The normalized spacial score (nSPS) is 14.0. The molecule has 0 aliphatic carbocycles. The fourth-order valence-corrected chi connectivity index (χ4v) is 1.44. The van der Waals surface area contributed by atoms with E-state index in [0.29, 0.717) is 0 Å².